The Hall–Kier alpha value is -1.93. The molecule has 2 rings (SSSR count). The molecule has 1 heterocycles. The predicted octanol–water partition coefficient (Wildman–Crippen LogP) is 2.70. The topological polar surface area (TPSA) is 76.2 Å². The second-order valence-electron chi connectivity index (χ2n) is 4.44. The Balaban J connectivity index is 2.28. The summed E-state index contributed by atoms with van der Waals surface area (Å²) < 4.78 is 38.5. The highest BCUT2D eigenvalue weighted by Gasteiger charge is 2.58. The molecule has 1 unspecified atom stereocenters. The third-order valence-electron chi connectivity index (χ3n) is 2.94. The van der Waals surface area contributed by atoms with Crippen molar-refractivity contribution >= 4 is 17.3 Å². The molecular weight excluding hydrogens is 305 g/mol. The van der Waals surface area contributed by atoms with Crippen LogP contribution in [0.5, 0.6) is 0 Å². The molecule has 0 bridgehead atoms. The van der Waals surface area contributed by atoms with Crippen LogP contribution in [0, 0.1) is 0 Å². The van der Waals surface area contributed by atoms with Gasteiger partial charge in [-0.3, -0.25) is 0 Å². The molecule has 0 radical (unpaired) electrons. The van der Waals surface area contributed by atoms with Crippen LogP contribution in [0.4, 0.5) is 13.2 Å². The lowest BCUT2D eigenvalue weighted by atomic mass is 9.96. The largest absolute Gasteiger partial charge is 0.480 e. The van der Waals surface area contributed by atoms with Crippen molar-refractivity contribution in [2.45, 2.75) is 18.1 Å². The van der Waals surface area contributed by atoms with Crippen LogP contribution in [-0.4, -0.2) is 27.8 Å². The van der Waals surface area contributed by atoms with Gasteiger partial charge in [-0.2, -0.15) is 13.2 Å². The predicted molar refractivity (Wildman–Crippen MR) is 71.9 cm³/mol. The van der Waals surface area contributed by atoms with E-state index >= 15 is 0 Å². The smallest absolute Gasteiger partial charge is 0.417 e. The Morgan fingerprint density at radius 3 is 2.43 bits per heavy atom. The van der Waals surface area contributed by atoms with Gasteiger partial charge in [0, 0.05) is 17.4 Å². The van der Waals surface area contributed by atoms with Crippen LogP contribution in [0.3, 0.4) is 0 Å². The van der Waals surface area contributed by atoms with Crippen LogP contribution in [0.1, 0.15) is 5.01 Å². The molecule has 3 N–H and O–H groups in total. The van der Waals surface area contributed by atoms with Gasteiger partial charge in [-0.15, -0.1) is 11.3 Å². The van der Waals surface area contributed by atoms with Crippen LogP contribution < -0.4 is 5.73 Å². The van der Waals surface area contributed by atoms with Crippen molar-refractivity contribution in [2.24, 2.45) is 5.73 Å². The van der Waals surface area contributed by atoms with E-state index in [2.05, 4.69) is 4.98 Å². The molecule has 1 aromatic carbocycles. The van der Waals surface area contributed by atoms with Crippen molar-refractivity contribution in [3.05, 3.63) is 40.7 Å². The van der Waals surface area contributed by atoms with Crippen molar-refractivity contribution in [1.29, 1.82) is 0 Å². The van der Waals surface area contributed by atoms with Crippen LogP contribution in [0.15, 0.2) is 35.7 Å². The average Bonchev–Trinajstić information content (AvgIpc) is 2.86. The molecule has 2 aromatic rings. The number of thiazole rings is 1. The van der Waals surface area contributed by atoms with Gasteiger partial charge in [0.25, 0.3) is 0 Å². The number of hydrogen-bond donors (Lipinski definition) is 2. The first-order valence-corrected chi connectivity index (χ1v) is 6.71. The zero-order chi connectivity index (χ0) is 15.7. The molecule has 0 aliphatic rings. The number of carbonyl (C=O) groups is 1. The molecule has 0 saturated carbocycles. The van der Waals surface area contributed by atoms with Gasteiger partial charge in [0.15, 0.2) is 0 Å². The number of rotatable bonds is 4. The Morgan fingerprint density at radius 1 is 1.29 bits per heavy atom. The number of aromatic nitrogens is 1. The fraction of sp³-hybridized carbons (Fsp3) is 0.231. The molecule has 21 heavy (non-hydrogen) atoms. The maximum absolute atomic E-state index is 12.8. The van der Waals surface area contributed by atoms with E-state index in [1.54, 1.807) is 35.7 Å². The summed E-state index contributed by atoms with van der Waals surface area (Å²) >= 11 is 0.950. The van der Waals surface area contributed by atoms with Crippen LogP contribution in [-0.2, 0) is 11.2 Å². The average molecular weight is 316 g/mol. The van der Waals surface area contributed by atoms with E-state index in [-0.39, 0.29) is 5.01 Å². The summed E-state index contributed by atoms with van der Waals surface area (Å²) in [4.78, 5) is 14.9. The molecule has 0 aliphatic carbocycles. The van der Waals surface area contributed by atoms with Gasteiger partial charge in [0.05, 0.1) is 10.7 Å². The third kappa shape index (κ3) is 3.06. The van der Waals surface area contributed by atoms with Gasteiger partial charge < -0.3 is 10.8 Å². The standard InChI is InChI=1S/C13H11F3N2O2S/c14-13(15,16)12(17,11(19)20)6-10-18-9(7-21-10)8-4-2-1-3-5-8/h1-5,7H,6,17H2,(H,19,20). The van der Waals surface area contributed by atoms with Crippen molar-refractivity contribution in [1.82, 2.24) is 4.98 Å². The molecule has 0 spiro atoms. The van der Waals surface area contributed by atoms with E-state index in [4.69, 9.17) is 10.8 Å². The van der Waals surface area contributed by atoms with Gasteiger partial charge >= 0.3 is 12.1 Å². The SMILES string of the molecule is NC(Cc1nc(-c2ccccc2)cs1)(C(=O)O)C(F)(F)F. The van der Waals surface area contributed by atoms with Crippen LogP contribution >= 0.6 is 11.3 Å². The zero-order valence-electron chi connectivity index (χ0n) is 10.6. The van der Waals surface area contributed by atoms with Gasteiger partial charge in [-0.1, -0.05) is 30.3 Å². The maximum atomic E-state index is 12.8. The Kier molecular flexibility index (Phi) is 4.02. The summed E-state index contributed by atoms with van der Waals surface area (Å²) in [6.07, 6.45) is -5.96. The van der Waals surface area contributed by atoms with Crippen molar-refractivity contribution in [2.75, 3.05) is 0 Å². The summed E-state index contributed by atoms with van der Waals surface area (Å²) in [5.74, 6) is -2.12. The number of carboxylic acids is 1. The molecule has 0 amide bonds. The molecule has 1 atom stereocenters. The van der Waals surface area contributed by atoms with Crippen molar-refractivity contribution in [3.8, 4) is 11.3 Å². The number of benzene rings is 1. The normalized spacial score (nSPS) is 14.7. The molecule has 1 aromatic heterocycles. The molecule has 4 nitrogen and oxygen atoms in total. The zero-order valence-corrected chi connectivity index (χ0v) is 11.4. The minimum Gasteiger partial charge on any atom is -0.480 e. The molecule has 0 fully saturated rings. The number of alkyl halides is 3. The monoisotopic (exact) mass is 316 g/mol. The number of carboxylic acid groups (broad SMARTS) is 1. The van der Waals surface area contributed by atoms with Gasteiger partial charge in [-0.25, -0.2) is 9.78 Å². The molecule has 8 heteroatoms. The minimum absolute atomic E-state index is 0.0241. The maximum Gasteiger partial charge on any atom is 0.417 e. The molecular formula is C13H11F3N2O2S. The Labute approximate surface area is 122 Å². The first-order chi connectivity index (χ1) is 9.74. The lowest BCUT2D eigenvalue weighted by molar-refractivity contribution is -0.201. The Morgan fingerprint density at radius 2 is 1.90 bits per heavy atom. The lowest BCUT2D eigenvalue weighted by Crippen LogP contribution is -2.61. The van der Waals surface area contributed by atoms with E-state index in [0.29, 0.717) is 5.69 Å². The van der Waals surface area contributed by atoms with Crippen LogP contribution in [0.2, 0.25) is 0 Å². The van der Waals surface area contributed by atoms with Crippen LogP contribution in [0.25, 0.3) is 11.3 Å². The van der Waals surface area contributed by atoms with Crippen molar-refractivity contribution in [3.63, 3.8) is 0 Å². The summed E-state index contributed by atoms with van der Waals surface area (Å²) in [5.41, 5.74) is 2.94. The first-order valence-electron chi connectivity index (χ1n) is 5.83. The number of hydrogen-bond acceptors (Lipinski definition) is 4. The summed E-state index contributed by atoms with van der Waals surface area (Å²) in [6.45, 7) is 0. The highest BCUT2D eigenvalue weighted by Crippen LogP contribution is 2.33. The second-order valence-corrected chi connectivity index (χ2v) is 5.39. The fourth-order valence-corrected chi connectivity index (χ4v) is 2.57. The van der Waals surface area contributed by atoms with Crippen molar-refractivity contribution < 1.29 is 23.1 Å². The number of nitrogens with zero attached hydrogens (tertiary/aromatic N) is 1. The van der Waals surface area contributed by atoms with Gasteiger partial charge in [0.2, 0.25) is 5.54 Å². The molecule has 0 saturated heterocycles. The highest BCUT2D eigenvalue weighted by atomic mass is 32.1. The van der Waals surface area contributed by atoms with E-state index in [1.807, 2.05) is 0 Å². The third-order valence-corrected chi connectivity index (χ3v) is 3.79. The highest BCUT2D eigenvalue weighted by molar-refractivity contribution is 7.10. The summed E-state index contributed by atoms with van der Waals surface area (Å²) in [7, 11) is 0. The number of nitrogens with two attached hydrogens (primary N) is 1. The number of aliphatic carboxylic acids is 1. The second kappa shape index (κ2) is 5.45. The first kappa shape index (κ1) is 15.5. The van der Waals surface area contributed by atoms with E-state index in [9.17, 15) is 18.0 Å². The quantitative estimate of drug-likeness (QED) is 0.909. The molecule has 112 valence electrons. The van der Waals surface area contributed by atoms with E-state index < -0.39 is 24.1 Å². The molecule has 0 aliphatic heterocycles. The summed E-state index contributed by atoms with van der Waals surface area (Å²) in [5, 5.41) is 10.4. The minimum atomic E-state index is -5.06. The lowest BCUT2D eigenvalue weighted by Gasteiger charge is -2.26. The number of halogens is 3. The van der Waals surface area contributed by atoms with E-state index in [1.165, 1.54) is 0 Å². The van der Waals surface area contributed by atoms with Gasteiger partial charge in [0.1, 0.15) is 0 Å². The fourth-order valence-electron chi connectivity index (χ4n) is 1.67. The summed E-state index contributed by atoms with van der Waals surface area (Å²) in [6, 6.07) is 8.86. The van der Waals surface area contributed by atoms with Gasteiger partial charge in [-0.05, 0) is 0 Å². The Bertz CT molecular complexity index is 642. The van der Waals surface area contributed by atoms with E-state index in [0.717, 1.165) is 16.9 Å².